The summed E-state index contributed by atoms with van der Waals surface area (Å²) in [6, 6.07) is 15.3. The fourth-order valence-electron chi connectivity index (χ4n) is 2.00. The Kier molecular flexibility index (Phi) is 4.20. The molecule has 0 spiro atoms. The van der Waals surface area contributed by atoms with E-state index < -0.39 is 11.6 Å². The Bertz CT molecular complexity index is 861. The highest BCUT2D eigenvalue weighted by molar-refractivity contribution is 7.99. The smallest absolute Gasteiger partial charge is 0.240 e. The van der Waals surface area contributed by atoms with Crippen LogP contribution in [0.25, 0.3) is 0 Å². The van der Waals surface area contributed by atoms with Gasteiger partial charge in [0.2, 0.25) is 17.5 Å². The van der Waals surface area contributed by atoms with E-state index in [1.54, 1.807) is 54.6 Å². The standard InChI is InChI=1S/C16H12N4O2S/c17-15-18-16(20-19-15)23-12-9-5-4-8-11(12)14(22)13(21)10-6-2-1-3-7-10/h1-9H,(H3,17,18,19,20). The van der Waals surface area contributed by atoms with Crippen LogP contribution in [0.2, 0.25) is 0 Å². The molecule has 1 aromatic heterocycles. The molecule has 0 radical (unpaired) electrons. The number of nitrogens with one attached hydrogen (secondary N) is 1. The van der Waals surface area contributed by atoms with Crippen molar-refractivity contribution in [3.8, 4) is 0 Å². The maximum atomic E-state index is 12.5. The van der Waals surface area contributed by atoms with Crippen molar-refractivity contribution in [1.82, 2.24) is 15.2 Å². The monoisotopic (exact) mass is 324 g/mol. The highest BCUT2D eigenvalue weighted by atomic mass is 32.2. The summed E-state index contributed by atoms with van der Waals surface area (Å²) in [4.78, 5) is 29.5. The largest absolute Gasteiger partial charge is 0.366 e. The van der Waals surface area contributed by atoms with Crippen LogP contribution in [-0.2, 0) is 0 Å². The lowest BCUT2D eigenvalue weighted by Crippen LogP contribution is -2.15. The molecule has 0 amide bonds. The first-order valence-electron chi connectivity index (χ1n) is 6.74. The van der Waals surface area contributed by atoms with Crippen molar-refractivity contribution in [3.05, 3.63) is 65.7 Å². The number of carbonyl (C=O) groups is 2. The fourth-order valence-corrected chi connectivity index (χ4v) is 2.85. The molecule has 0 aliphatic heterocycles. The van der Waals surface area contributed by atoms with Crippen molar-refractivity contribution in [2.45, 2.75) is 10.1 Å². The van der Waals surface area contributed by atoms with Crippen LogP contribution in [0.4, 0.5) is 5.95 Å². The van der Waals surface area contributed by atoms with Gasteiger partial charge in [-0.25, -0.2) is 0 Å². The molecule has 0 saturated carbocycles. The van der Waals surface area contributed by atoms with Crippen LogP contribution in [0.3, 0.4) is 0 Å². The molecule has 1 heterocycles. The molecular formula is C16H12N4O2S. The van der Waals surface area contributed by atoms with Gasteiger partial charge >= 0.3 is 0 Å². The lowest BCUT2D eigenvalue weighted by Gasteiger charge is -2.06. The van der Waals surface area contributed by atoms with Crippen LogP contribution in [-0.4, -0.2) is 26.7 Å². The molecule has 6 nitrogen and oxygen atoms in total. The molecule has 0 saturated heterocycles. The summed E-state index contributed by atoms with van der Waals surface area (Å²) in [6.07, 6.45) is 0. The predicted octanol–water partition coefficient (Wildman–Crippen LogP) is 2.60. The molecule has 0 unspecified atom stereocenters. The first-order chi connectivity index (χ1) is 11.1. The topological polar surface area (TPSA) is 102 Å². The first kappa shape index (κ1) is 15.0. The van der Waals surface area contributed by atoms with Crippen molar-refractivity contribution in [3.63, 3.8) is 0 Å². The first-order valence-corrected chi connectivity index (χ1v) is 7.55. The number of nitrogens with two attached hydrogens (primary N) is 1. The van der Waals surface area contributed by atoms with E-state index in [-0.39, 0.29) is 5.95 Å². The third-order valence-electron chi connectivity index (χ3n) is 3.06. The second kappa shape index (κ2) is 6.45. The number of rotatable bonds is 5. The molecule has 0 aliphatic rings. The van der Waals surface area contributed by atoms with Gasteiger partial charge in [0.1, 0.15) is 0 Å². The summed E-state index contributed by atoms with van der Waals surface area (Å²) in [5.41, 5.74) is 6.15. The summed E-state index contributed by atoms with van der Waals surface area (Å²) in [5.74, 6) is -0.987. The average molecular weight is 324 g/mol. The van der Waals surface area contributed by atoms with Gasteiger partial charge in [0.25, 0.3) is 0 Å². The molecule has 7 heteroatoms. The van der Waals surface area contributed by atoms with Gasteiger partial charge in [-0.05, 0) is 23.9 Å². The van der Waals surface area contributed by atoms with E-state index in [2.05, 4.69) is 15.2 Å². The number of ketones is 2. The number of carbonyl (C=O) groups excluding carboxylic acids is 2. The Morgan fingerprint density at radius 1 is 0.957 bits per heavy atom. The van der Waals surface area contributed by atoms with E-state index in [1.807, 2.05) is 0 Å². The lowest BCUT2D eigenvalue weighted by molar-refractivity contribution is 0.0815. The average Bonchev–Trinajstić information content (AvgIpc) is 3.00. The molecule has 3 rings (SSSR count). The molecule has 23 heavy (non-hydrogen) atoms. The van der Waals surface area contributed by atoms with Gasteiger partial charge in [0, 0.05) is 16.0 Å². The van der Waals surface area contributed by atoms with Gasteiger partial charge in [-0.3, -0.25) is 14.7 Å². The number of hydrogen-bond donors (Lipinski definition) is 2. The number of aromatic nitrogens is 3. The number of aromatic amines is 1. The Morgan fingerprint density at radius 2 is 1.65 bits per heavy atom. The van der Waals surface area contributed by atoms with E-state index in [0.717, 1.165) is 0 Å². The van der Waals surface area contributed by atoms with Gasteiger partial charge in [-0.1, -0.05) is 42.5 Å². The minimum absolute atomic E-state index is 0.122. The summed E-state index contributed by atoms with van der Waals surface area (Å²) in [7, 11) is 0. The van der Waals surface area contributed by atoms with Gasteiger partial charge in [-0.2, -0.15) is 4.98 Å². The van der Waals surface area contributed by atoms with Crippen LogP contribution >= 0.6 is 11.8 Å². The summed E-state index contributed by atoms with van der Waals surface area (Å²) < 4.78 is 0. The summed E-state index contributed by atoms with van der Waals surface area (Å²) in [5, 5.41) is 6.85. The Balaban J connectivity index is 1.90. The van der Waals surface area contributed by atoms with Crippen LogP contribution < -0.4 is 5.73 Å². The van der Waals surface area contributed by atoms with E-state index in [0.29, 0.717) is 21.2 Å². The molecule has 0 aliphatic carbocycles. The highest BCUT2D eigenvalue weighted by Gasteiger charge is 2.21. The van der Waals surface area contributed by atoms with Crippen LogP contribution in [0.15, 0.2) is 64.6 Å². The minimum Gasteiger partial charge on any atom is -0.366 e. The molecule has 0 fully saturated rings. The van der Waals surface area contributed by atoms with Gasteiger partial charge in [-0.15, -0.1) is 5.10 Å². The van der Waals surface area contributed by atoms with Gasteiger partial charge in [0.15, 0.2) is 5.16 Å². The molecular weight excluding hydrogens is 312 g/mol. The zero-order valence-corrected chi connectivity index (χ0v) is 12.7. The Labute approximate surface area is 136 Å². The SMILES string of the molecule is Nc1n[nH]c(Sc2ccccc2C(=O)C(=O)c2ccccc2)n1. The number of benzene rings is 2. The minimum atomic E-state index is -0.563. The quantitative estimate of drug-likeness (QED) is 0.552. The van der Waals surface area contributed by atoms with Crippen molar-refractivity contribution in [2.75, 3.05) is 5.73 Å². The van der Waals surface area contributed by atoms with Gasteiger partial charge < -0.3 is 5.73 Å². The van der Waals surface area contributed by atoms with E-state index in [4.69, 9.17) is 5.73 Å². The third-order valence-corrected chi connectivity index (χ3v) is 4.01. The maximum absolute atomic E-state index is 12.5. The third kappa shape index (κ3) is 3.29. The van der Waals surface area contributed by atoms with E-state index in [9.17, 15) is 9.59 Å². The van der Waals surface area contributed by atoms with E-state index >= 15 is 0 Å². The van der Waals surface area contributed by atoms with Crippen LogP contribution in [0.1, 0.15) is 20.7 Å². The lowest BCUT2D eigenvalue weighted by atomic mass is 10.0. The zero-order chi connectivity index (χ0) is 16.2. The van der Waals surface area contributed by atoms with Crippen molar-refractivity contribution < 1.29 is 9.59 Å². The molecule has 114 valence electrons. The predicted molar refractivity (Wildman–Crippen MR) is 86.5 cm³/mol. The Hall–Kier alpha value is -2.93. The molecule has 3 N–H and O–H groups in total. The van der Waals surface area contributed by atoms with Crippen LogP contribution in [0, 0.1) is 0 Å². The van der Waals surface area contributed by atoms with Crippen molar-refractivity contribution >= 4 is 29.3 Å². The second-order valence-corrected chi connectivity index (χ2v) is 5.65. The number of hydrogen-bond acceptors (Lipinski definition) is 6. The number of nitrogen functional groups attached to an aromatic ring is 1. The number of Topliss-reactive ketones (excluding diaryl/α,β-unsaturated/α-hetero) is 2. The summed E-state index contributed by atoms with van der Waals surface area (Å²) in [6.45, 7) is 0. The maximum Gasteiger partial charge on any atom is 0.240 e. The fraction of sp³-hybridized carbons (Fsp3) is 0. The Morgan fingerprint density at radius 3 is 2.35 bits per heavy atom. The number of anilines is 1. The van der Waals surface area contributed by atoms with Gasteiger partial charge in [0.05, 0.1) is 0 Å². The number of H-pyrrole nitrogens is 1. The summed E-state index contributed by atoms with van der Waals surface area (Å²) >= 11 is 1.19. The normalized spacial score (nSPS) is 10.4. The molecule has 2 aromatic carbocycles. The highest BCUT2D eigenvalue weighted by Crippen LogP contribution is 2.29. The second-order valence-electron chi connectivity index (χ2n) is 4.62. The number of nitrogens with zero attached hydrogens (tertiary/aromatic N) is 2. The zero-order valence-electron chi connectivity index (χ0n) is 11.9. The molecule has 3 aromatic rings. The van der Waals surface area contributed by atoms with Crippen LogP contribution in [0.5, 0.6) is 0 Å². The van der Waals surface area contributed by atoms with E-state index in [1.165, 1.54) is 11.8 Å². The molecule has 0 atom stereocenters. The van der Waals surface area contributed by atoms with Crippen molar-refractivity contribution in [2.24, 2.45) is 0 Å². The molecule has 0 bridgehead atoms. The van der Waals surface area contributed by atoms with Crippen molar-refractivity contribution in [1.29, 1.82) is 0 Å².